The molecule has 0 aliphatic carbocycles. The molecule has 4 rings (SSSR count). The lowest BCUT2D eigenvalue weighted by Crippen LogP contribution is -2.17. The molecule has 0 fully saturated rings. The maximum atomic E-state index is 12.7. The van der Waals surface area contributed by atoms with Crippen molar-refractivity contribution < 1.29 is 57.1 Å². The van der Waals surface area contributed by atoms with Gasteiger partial charge in [0.25, 0.3) is 0 Å². The van der Waals surface area contributed by atoms with E-state index in [9.17, 15) is 24.0 Å². The van der Waals surface area contributed by atoms with E-state index in [1.165, 1.54) is 48.5 Å². The summed E-state index contributed by atoms with van der Waals surface area (Å²) >= 11 is 0. The third kappa shape index (κ3) is 12.9. The van der Waals surface area contributed by atoms with Crippen LogP contribution < -0.4 is 23.7 Å². The van der Waals surface area contributed by atoms with Crippen molar-refractivity contribution in [2.75, 3.05) is 26.4 Å². The van der Waals surface area contributed by atoms with Crippen molar-refractivity contribution in [2.45, 2.75) is 13.8 Å². The molecular weight excluding hydrogens is 684 g/mol. The van der Waals surface area contributed by atoms with Gasteiger partial charge in [0, 0.05) is 24.0 Å². The van der Waals surface area contributed by atoms with E-state index in [2.05, 4.69) is 13.2 Å². The van der Waals surface area contributed by atoms with Crippen LogP contribution in [0.25, 0.3) is 0 Å². The number of esters is 5. The van der Waals surface area contributed by atoms with Crippen molar-refractivity contribution in [1.29, 1.82) is 0 Å². The van der Waals surface area contributed by atoms with E-state index in [-0.39, 0.29) is 47.9 Å². The van der Waals surface area contributed by atoms with Gasteiger partial charge in [-0.15, -0.1) is 0 Å². The van der Waals surface area contributed by atoms with Crippen molar-refractivity contribution >= 4 is 29.8 Å². The van der Waals surface area contributed by atoms with E-state index >= 15 is 0 Å². The van der Waals surface area contributed by atoms with Crippen LogP contribution in [0.5, 0.6) is 28.7 Å². The van der Waals surface area contributed by atoms with Crippen LogP contribution in [0.1, 0.15) is 44.9 Å². The molecule has 12 heteroatoms. The molecule has 0 saturated heterocycles. The van der Waals surface area contributed by atoms with Crippen LogP contribution in [0.4, 0.5) is 0 Å². The number of hydrogen-bond donors (Lipinski definition) is 0. The monoisotopic (exact) mass is 722 g/mol. The molecule has 2 unspecified atom stereocenters. The summed E-state index contributed by atoms with van der Waals surface area (Å²) in [6, 6.07) is 24.6. The van der Waals surface area contributed by atoms with Crippen molar-refractivity contribution in [3.05, 3.63) is 139 Å². The van der Waals surface area contributed by atoms with Gasteiger partial charge in [0.1, 0.15) is 28.7 Å². The molecule has 4 aromatic carbocycles. The summed E-state index contributed by atoms with van der Waals surface area (Å²) in [6.07, 6.45) is 2.20. The Morgan fingerprint density at radius 2 is 0.717 bits per heavy atom. The minimum absolute atomic E-state index is 0.0486. The first-order valence-corrected chi connectivity index (χ1v) is 16.4. The summed E-state index contributed by atoms with van der Waals surface area (Å²) in [6.45, 7) is 11.4. The maximum Gasteiger partial charge on any atom is 0.343 e. The first-order chi connectivity index (χ1) is 25.5. The number of hydrogen-bond acceptors (Lipinski definition) is 12. The molecule has 0 bridgehead atoms. The predicted molar refractivity (Wildman–Crippen MR) is 192 cm³/mol. The normalized spacial score (nSPS) is 11.5. The van der Waals surface area contributed by atoms with E-state index in [4.69, 9.17) is 33.2 Å². The first-order valence-electron chi connectivity index (χ1n) is 16.4. The highest BCUT2D eigenvalue weighted by molar-refractivity contribution is 5.93. The van der Waals surface area contributed by atoms with E-state index in [1.54, 1.807) is 48.5 Å². The summed E-state index contributed by atoms with van der Waals surface area (Å²) in [5.74, 6) is -1.18. The Labute approximate surface area is 306 Å². The molecule has 0 spiro atoms. The number of ether oxygens (including phenoxy) is 7. The second kappa shape index (κ2) is 19.6. The molecule has 0 N–H and O–H groups in total. The van der Waals surface area contributed by atoms with Gasteiger partial charge in [0.2, 0.25) is 0 Å². The second-order valence-corrected chi connectivity index (χ2v) is 11.7. The smallest absolute Gasteiger partial charge is 0.343 e. The van der Waals surface area contributed by atoms with Gasteiger partial charge >= 0.3 is 29.8 Å². The minimum Gasteiger partial charge on any atom is -0.493 e. The van der Waals surface area contributed by atoms with Crippen LogP contribution in [0.15, 0.2) is 122 Å². The molecule has 274 valence electrons. The molecule has 53 heavy (non-hydrogen) atoms. The Bertz CT molecular complexity index is 1880. The van der Waals surface area contributed by atoms with Crippen LogP contribution in [-0.4, -0.2) is 56.3 Å². The van der Waals surface area contributed by atoms with Gasteiger partial charge < -0.3 is 33.2 Å². The molecule has 0 aromatic heterocycles. The zero-order chi connectivity index (χ0) is 38.2. The summed E-state index contributed by atoms with van der Waals surface area (Å²) < 4.78 is 37.6. The number of rotatable bonds is 18. The quantitative estimate of drug-likeness (QED) is 0.0602. The number of carbonyl (C=O) groups excluding carboxylic acids is 5. The molecule has 12 nitrogen and oxygen atoms in total. The molecule has 0 amide bonds. The lowest BCUT2D eigenvalue weighted by atomic mass is 10.2. The Hall–Kier alpha value is -6.69. The van der Waals surface area contributed by atoms with Crippen LogP contribution >= 0.6 is 0 Å². The summed E-state index contributed by atoms with van der Waals surface area (Å²) in [7, 11) is 0. The average molecular weight is 723 g/mol. The standard InChI is InChI=1S/C41H38O12/c1-5-37(42)49-25-27(3)23-47-32-13-7-29(8-14-32)39(44)51-34-17-11-31(12-18-34)41(46)53-36-21-19-35(20-22-36)52-40(45)30-9-15-33(16-10-30)48-24-28(4)26-50-38(43)6-2/h5-22,27-28H,1-2,23-26H2,3-4H3. The van der Waals surface area contributed by atoms with Crippen LogP contribution in [0, 0.1) is 11.8 Å². The Balaban J connectivity index is 1.20. The fourth-order valence-corrected chi connectivity index (χ4v) is 4.25. The first kappa shape index (κ1) is 39.1. The molecule has 0 aliphatic heterocycles. The molecule has 0 saturated carbocycles. The van der Waals surface area contributed by atoms with Crippen LogP contribution in [-0.2, 0) is 19.1 Å². The fraction of sp³-hybridized carbons (Fsp3) is 0.195. The van der Waals surface area contributed by atoms with Gasteiger partial charge in [0.15, 0.2) is 0 Å². The summed E-state index contributed by atoms with van der Waals surface area (Å²) in [5.41, 5.74) is 0.804. The minimum atomic E-state index is -0.647. The van der Waals surface area contributed by atoms with Gasteiger partial charge in [0.05, 0.1) is 43.1 Å². The van der Waals surface area contributed by atoms with Gasteiger partial charge in [-0.1, -0.05) is 27.0 Å². The van der Waals surface area contributed by atoms with Crippen molar-refractivity contribution in [1.82, 2.24) is 0 Å². The number of benzene rings is 4. The highest BCUT2D eigenvalue weighted by Gasteiger charge is 2.14. The van der Waals surface area contributed by atoms with Gasteiger partial charge in [-0.3, -0.25) is 0 Å². The number of carbonyl (C=O) groups is 5. The topological polar surface area (TPSA) is 150 Å². The zero-order valence-corrected chi connectivity index (χ0v) is 29.2. The third-order valence-corrected chi connectivity index (χ3v) is 7.15. The average Bonchev–Trinajstić information content (AvgIpc) is 3.18. The lowest BCUT2D eigenvalue weighted by molar-refractivity contribution is -0.140. The SMILES string of the molecule is C=CC(=O)OCC(C)COc1ccc(C(=O)Oc2ccc(OC(=O)c3ccc(OC(=O)c4ccc(OCC(C)COC(=O)C=C)cc4)cc3)cc2)cc1. The highest BCUT2D eigenvalue weighted by atomic mass is 16.6. The van der Waals surface area contributed by atoms with Gasteiger partial charge in [-0.05, 0) is 97.1 Å². The molecule has 4 aromatic rings. The molecule has 2 atom stereocenters. The van der Waals surface area contributed by atoms with E-state index in [1.807, 2.05) is 13.8 Å². The van der Waals surface area contributed by atoms with Crippen LogP contribution in [0.3, 0.4) is 0 Å². The molecular formula is C41H38O12. The highest BCUT2D eigenvalue weighted by Crippen LogP contribution is 2.22. The van der Waals surface area contributed by atoms with Gasteiger partial charge in [-0.2, -0.15) is 0 Å². The maximum absolute atomic E-state index is 12.7. The van der Waals surface area contributed by atoms with E-state index < -0.39 is 29.8 Å². The lowest BCUT2D eigenvalue weighted by Gasteiger charge is -2.13. The Morgan fingerprint density at radius 1 is 0.453 bits per heavy atom. The molecule has 0 heterocycles. The largest absolute Gasteiger partial charge is 0.493 e. The summed E-state index contributed by atoms with van der Waals surface area (Å²) in [5, 5.41) is 0. The van der Waals surface area contributed by atoms with E-state index in [0.717, 1.165) is 12.2 Å². The molecule has 0 aliphatic rings. The summed E-state index contributed by atoms with van der Waals surface area (Å²) in [4.78, 5) is 60.4. The fourth-order valence-electron chi connectivity index (χ4n) is 4.25. The van der Waals surface area contributed by atoms with Crippen molar-refractivity contribution in [3.8, 4) is 28.7 Å². The molecule has 0 radical (unpaired) electrons. The second-order valence-electron chi connectivity index (χ2n) is 11.7. The predicted octanol–water partition coefficient (Wildman–Crippen LogP) is 6.83. The van der Waals surface area contributed by atoms with Crippen molar-refractivity contribution in [2.24, 2.45) is 11.8 Å². The Morgan fingerprint density at radius 3 is 1.00 bits per heavy atom. The van der Waals surface area contributed by atoms with Crippen LogP contribution in [0.2, 0.25) is 0 Å². The van der Waals surface area contributed by atoms with Gasteiger partial charge in [-0.25, -0.2) is 24.0 Å². The van der Waals surface area contributed by atoms with Crippen molar-refractivity contribution in [3.63, 3.8) is 0 Å². The Kier molecular flexibility index (Phi) is 14.5. The zero-order valence-electron chi connectivity index (χ0n) is 29.2. The third-order valence-electron chi connectivity index (χ3n) is 7.15. The van der Waals surface area contributed by atoms with E-state index in [0.29, 0.717) is 35.8 Å².